The van der Waals surface area contributed by atoms with E-state index in [-0.39, 0.29) is 11.8 Å². The number of ether oxygens (including phenoxy) is 1. The van der Waals surface area contributed by atoms with Crippen molar-refractivity contribution in [2.24, 2.45) is 0 Å². The first-order chi connectivity index (χ1) is 12.0. The van der Waals surface area contributed by atoms with Crippen LogP contribution in [0.15, 0.2) is 65.9 Å². The summed E-state index contributed by atoms with van der Waals surface area (Å²) in [5.74, 6) is 0.798. The van der Waals surface area contributed by atoms with E-state index in [1.165, 1.54) is 0 Å². The number of thiocarbonyl (C=S) groups is 1. The lowest BCUT2D eigenvalue weighted by Crippen LogP contribution is -2.47. The van der Waals surface area contributed by atoms with Crippen molar-refractivity contribution >= 4 is 28.8 Å². The molecule has 1 heterocycles. The van der Waals surface area contributed by atoms with Crippen molar-refractivity contribution in [2.75, 3.05) is 12.0 Å². The van der Waals surface area contributed by atoms with Crippen LogP contribution in [-0.4, -0.2) is 18.0 Å². The molecule has 0 aliphatic carbocycles. The van der Waals surface area contributed by atoms with Gasteiger partial charge >= 0.3 is 0 Å². The van der Waals surface area contributed by atoms with Crippen molar-refractivity contribution in [3.63, 3.8) is 0 Å². The smallest absolute Gasteiger partial charge is 0.178 e. The van der Waals surface area contributed by atoms with Crippen LogP contribution in [0.4, 0.5) is 5.69 Å². The van der Waals surface area contributed by atoms with Crippen LogP contribution in [0.2, 0.25) is 0 Å². The van der Waals surface area contributed by atoms with E-state index in [0.29, 0.717) is 10.7 Å². The van der Waals surface area contributed by atoms with Crippen LogP contribution in [0, 0.1) is 0 Å². The van der Waals surface area contributed by atoms with E-state index in [9.17, 15) is 4.79 Å². The van der Waals surface area contributed by atoms with E-state index in [1.807, 2.05) is 66.4 Å². The molecule has 1 aliphatic rings. The molecular formula is C20H20N2O2S. The van der Waals surface area contributed by atoms with Gasteiger partial charge in [-0.05, 0) is 55.9 Å². The Bertz CT molecular complexity index is 829. The van der Waals surface area contributed by atoms with Crippen LogP contribution in [0.25, 0.3) is 0 Å². The Morgan fingerprint density at radius 3 is 2.32 bits per heavy atom. The maximum atomic E-state index is 12.4. The number of methoxy groups -OCH3 is 1. The number of para-hydroxylation sites is 1. The Balaban J connectivity index is 2.08. The highest BCUT2D eigenvalue weighted by Crippen LogP contribution is 2.34. The van der Waals surface area contributed by atoms with Gasteiger partial charge in [-0.1, -0.05) is 30.3 Å². The predicted octanol–water partition coefficient (Wildman–Crippen LogP) is 3.99. The molecule has 0 fully saturated rings. The van der Waals surface area contributed by atoms with Crippen molar-refractivity contribution < 1.29 is 9.53 Å². The summed E-state index contributed by atoms with van der Waals surface area (Å²) in [5, 5.41) is 3.90. The predicted molar refractivity (Wildman–Crippen MR) is 104 cm³/mol. The van der Waals surface area contributed by atoms with Crippen molar-refractivity contribution in [1.82, 2.24) is 5.32 Å². The van der Waals surface area contributed by atoms with Gasteiger partial charge in [0.05, 0.1) is 13.2 Å². The van der Waals surface area contributed by atoms with Gasteiger partial charge in [-0.25, -0.2) is 0 Å². The lowest BCUT2D eigenvalue weighted by molar-refractivity contribution is -0.114. The highest BCUT2D eigenvalue weighted by Gasteiger charge is 2.32. The van der Waals surface area contributed by atoms with Crippen LogP contribution in [0.1, 0.15) is 25.5 Å². The molecule has 1 atom stereocenters. The number of hydrogen-bond acceptors (Lipinski definition) is 3. The zero-order valence-electron chi connectivity index (χ0n) is 14.4. The molecule has 0 unspecified atom stereocenters. The summed E-state index contributed by atoms with van der Waals surface area (Å²) in [6, 6.07) is 17.2. The second kappa shape index (κ2) is 7.07. The summed E-state index contributed by atoms with van der Waals surface area (Å²) < 4.78 is 5.21. The molecular weight excluding hydrogens is 332 g/mol. The average Bonchev–Trinajstić information content (AvgIpc) is 2.62. The monoisotopic (exact) mass is 352 g/mol. The van der Waals surface area contributed by atoms with Crippen molar-refractivity contribution in [3.05, 3.63) is 71.4 Å². The molecule has 0 amide bonds. The van der Waals surface area contributed by atoms with Gasteiger partial charge in [0, 0.05) is 17.0 Å². The van der Waals surface area contributed by atoms with Crippen molar-refractivity contribution in [1.29, 1.82) is 0 Å². The van der Waals surface area contributed by atoms with Gasteiger partial charge in [-0.2, -0.15) is 0 Å². The summed E-state index contributed by atoms with van der Waals surface area (Å²) in [4.78, 5) is 14.3. The molecule has 0 radical (unpaired) electrons. The zero-order chi connectivity index (χ0) is 18.0. The molecule has 3 rings (SSSR count). The fourth-order valence-electron chi connectivity index (χ4n) is 3.13. The van der Waals surface area contributed by atoms with Crippen molar-refractivity contribution in [3.8, 4) is 5.75 Å². The Morgan fingerprint density at radius 2 is 1.76 bits per heavy atom. The highest BCUT2D eigenvalue weighted by atomic mass is 32.1. The normalized spacial score (nSPS) is 17.3. The van der Waals surface area contributed by atoms with Crippen molar-refractivity contribution in [2.45, 2.75) is 19.9 Å². The number of benzene rings is 2. The number of nitrogens with one attached hydrogen (secondary N) is 1. The van der Waals surface area contributed by atoms with Crippen LogP contribution >= 0.6 is 12.2 Å². The molecule has 128 valence electrons. The average molecular weight is 352 g/mol. The van der Waals surface area contributed by atoms with Crippen LogP contribution in [-0.2, 0) is 4.79 Å². The summed E-state index contributed by atoms with van der Waals surface area (Å²) in [5.41, 5.74) is 3.47. The molecule has 25 heavy (non-hydrogen) atoms. The standard InChI is InChI=1S/C20H20N2O2S/c1-13-18(14(2)23)19(15-9-11-17(24-3)12-10-15)21-20(25)22(13)16-7-5-4-6-8-16/h4-12,19H,1-3H3,(H,21,25)/t19-/m1/s1. The number of hydrogen-bond donors (Lipinski definition) is 1. The summed E-state index contributed by atoms with van der Waals surface area (Å²) >= 11 is 5.60. The van der Waals surface area contributed by atoms with E-state index in [2.05, 4.69) is 5.32 Å². The topological polar surface area (TPSA) is 41.6 Å². The van der Waals surface area contributed by atoms with Gasteiger partial charge in [0.2, 0.25) is 0 Å². The van der Waals surface area contributed by atoms with Crippen LogP contribution in [0.5, 0.6) is 5.75 Å². The number of anilines is 1. The number of carbonyl (C=O) groups is 1. The molecule has 4 nitrogen and oxygen atoms in total. The number of allylic oxidation sites excluding steroid dienone is 1. The maximum Gasteiger partial charge on any atom is 0.178 e. The molecule has 1 N–H and O–H groups in total. The minimum absolute atomic E-state index is 0.0225. The SMILES string of the molecule is COc1ccc([C@H]2NC(=S)N(c3ccccc3)C(C)=C2C(C)=O)cc1. The van der Waals surface area contributed by atoms with E-state index in [4.69, 9.17) is 17.0 Å². The molecule has 5 heteroatoms. The second-order valence-electron chi connectivity index (χ2n) is 5.88. The number of nitrogens with zero attached hydrogens (tertiary/aromatic N) is 1. The summed E-state index contributed by atoms with van der Waals surface area (Å²) in [7, 11) is 1.63. The number of Topliss-reactive ketones (excluding diaryl/α,β-unsaturated/α-hetero) is 1. The number of rotatable bonds is 4. The summed E-state index contributed by atoms with van der Waals surface area (Å²) in [6.45, 7) is 3.53. The number of carbonyl (C=O) groups excluding carboxylic acids is 1. The van der Waals surface area contributed by atoms with Crippen LogP contribution in [0.3, 0.4) is 0 Å². The third kappa shape index (κ3) is 3.28. The molecule has 2 aromatic rings. The van der Waals surface area contributed by atoms with Gasteiger partial charge in [0.15, 0.2) is 10.9 Å². The fourth-order valence-corrected chi connectivity index (χ4v) is 3.49. The lowest BCUT2D eigenvalue weighted by atomic mass is 9.92. The van der Waals surface area contributed by atoms with Gasteiger partial charge in [0.1, 0.15) is 5.75 Å². The molecule has 0 bridgehead atoms. The summed E-state index contributed by atoms with van der Waals surface area (Å²) in [6.07, 6.45) is 0. The third-order valence-corrected chi connectivity index (χ3v) is 4.63. The zero-order valence-corrected chi connectivity index (χ0v) is 15.3. The maximum absolute atomic E-state index is 12.4. The van der Waals surface area contributed by atoms with Gasteiger partial charge < -0.3 is 10.1 Å². The van der Waals surface area contributed by atoms with Gasteiger partial charge in [-0.3, -0.25) is 9.69 Å². The molecule has 0 spiro atoms. The van der Waals surface area contributed by atoms with Crippen LogP contribution < -0.4 is 15.0 Å². The number of ketones is 1. The van der Waals surface area contributed by atoms with Gasteiger partial charge in [0.25, 0.3) is 0 Å². The molecule has 1 aliphatic heterocycles. The quantitative estimate of drug-likeness (QED) is 0.843. The van der Waals surface area contributed by atoms with E-state index in [1.54, 1.807) is 14.0 Å². The Hall–Kier alpha value is -2.66. The third-order valence-electron chi connectivity index (χ3n) is 4.33. The first-order valence-corrected chi connectivity index (χ1v) is 8.45. The molecule has 0 saturated carbocycles. The van der Waals surface area contributed by atoms with E-state index < -0.39 is 0 Å². The Kier molecular flexibility index (Phi) is 4.86. The molecule has 0 aromatic heterocycles. The second-order valence-corrected chi connectivity index (χ2v) is 6.27. The molecule has 2 aromatic carbocycles. The first-order valence-electron chi connectivity index (χ1n) is 8.04. The Morgan fingerprint density at radius 1 is 1.12 bits per heavy atom. The fraction of sp³-hybridized carbons (Fsp3) is 0.200. The lowest BCUT2D eigenvalue weighted by Gasteiger charge is -2.37. The highest BCUT2D eigenvalue weighted by molar-refractivity contribution is 7.80. The minimum Gasteiger partial charge on any atom is -0.497 e. The van der Waals surface area contributed by atoms with E-state index in [0.717, 1.165) is 22.7 Å². The minimum atomic E-state index is -0.268. The van der Waals surface area contributed by atoms with Gasteiger partial charge in [-0.15, -0.1) is 0 Å². The first kappa shape index (κ1) is 17.2. The Labute approximate surface area is 153 Å². The largest absolute Gasteiger partial charge is 0.497 e. The molecule has 0 saturated heterocycles. The van der Waals surface area contributed by atoms with E-state index >= 15 is 0 Å².